The lowest BCUT2D eigenvalue weighted by Gasteiger charge is -2.19. The van der Waals surface area contributed by atoms with Gasteiger partial charge in [-0.1, -0.05) is 18.9 Å². The Kier molecular flexibility index (Phi) is 5.53. The Balaban J connectivity index is 1.49. The molecular formula is C19H21FN2O5. The van der Waals surface area contributed by atoms with Crippen LogP contribution in [0.15, 0.2) is 18.2 Å². The van der Waals surface area contributed by atoms with Gasteiger partial charge in [0, 0.05) is 5.69 Å². The van der Waals surface area contributed by atoms with Gasteiger partial charge in [-0.05, 0) is 37.5 Å². The van der Waals surface area contributed by atoms with Crippen LogP contribution in [-0.2, 0) is 23.9 Å². The first kappa shape index (κ1) is 19.0. The first-order valence-electron chi connectivity index (χ1n) is 8.93. The number of anilines is 1. The lowest BCUT2D eigenvalue weighted by molar-refractivity contribution is -0.154. The molecule has 2 aliphatic rings. The zero-order chi connectivity index (χ0) is 19.6. The van der Waals surface area contributed by atoms with Crippen molar-refractivity contribution < 1.29 is 28.3 Å². The number of nitrogens with zero attached hydrogens (tertiary/aromatic N) is 1. The molecule has 0 radical (unpaired) electrons. The summed E-state index contributed by atoms with van der Waals surface area (Å²) in [6.07, 6.45) is 3.13. The van der Waals surface area contributed by atoms with E-state index in [1.807, 2.05) is 0 Å². The van der Waals surface area contributed by atoms with Crippen molar-refractivity contribution in [3.05, 3.63) is 29.6 Å². The molecule has 2 fully saturated rings. The standard InChI is InChI=1S/C19H21FN2O5/c1-11-6-7-12(8-15(11)20)21-16(23)10-27-17(24)9-22-18(25)13-4-2-3-5-14(13)19(22)26/h6-8,13-14H,2-5,9-10H2,1H3,(H,21,23)/t13-,14+. The van der Waals surface area contributed by atoms with Gasteiger partial charge >= 0.3 is 5.97 Å². The van der Waals surface area contributed by atoms with E-state index < -0.39 is 30.8 Å². The second-order valence-corrected chi connectivity index (χ2v) is 6.93. The summed E-state index contributed by atoms with van der Waals surface area (Å²) >= 11 is 0. The first-order valence-corrected chi connectivity index (χ1v) is 8.93. The van der Waals surface area contributed by atoms with Crippen molar-refractivity contribution in [2.24, 2.45) is 11.8 Å². The largest absolute Gasteiger partial charge is 0.454 e. The average molecular weight is 376 g/mol. The van der Waals surface area contributed by atoms with E-state index in [1.165, 1.54) is 18.2 Å². The number of imide groups is 1. The molecule has 1 heterocycles. The molecule has 1 saturated carbocycles. The Bertz CT molecular complexity index is 770. The van der Waals surface area contributed by atoms with E-state index in [4.69, 9.17) is 4.74 Å². The average Bonchev–Trinajstić information content (AvgIpc) is 2.88. The Hall–Kier alpha value is -2.77. The van der Waals surface area contributed by atoms with Crippen molar-refractivity contribution in [2.75, 3.05) is 18.5 Å². The molecule has 1 aromatic carbocycles. The van der Waals surface area contributed by atoms with Crippen LogP contribution >= 0.6 is 0 Å². The number of aryl methyl sites for hydroxylation is 1. The minimum absolute atomic E-state index is 0.244. The lowest BCUT2D eigenvalue weighted by Crippen LogP contribution is -2.37. The van der Waals surface area contributed by atoms with Gasteiger partial charge in [0.15, 0.2) is 6.61 Å². The molecule has 1 aliphatic heterocycles. The van der Waals surface area contributed by atoms with Crippen LogP contribution in [0.4, 0.5) is 10.1 Å². The number of carbonyl (C=O) groups excluding carboxylic acids is 4. The zero-order valence-corrected chi connectivity index (χ0v) is 15.0. The molecule has 7 nitrogen and oxygen atoms in total. The van der Waals surface area contributed by atoms with E-state index in [2.05, 4.69) is 5.32 Å². The molecule has 1 aromatic rings. The molecule has 1 saturated heterocycles. The van der Waals surface area contributed by atoms with Gasteiger partial charge < -0.3 is 10.1 Å². The van der Waals surface area contributed by atoms with Gasteiger partial charge in [-0.2, -0.15) is 0 Å². The SMILES string of the molecule is Cc1ccc(NC(=O)COC(=O)CN2C(=O)[C@H]3CCCC[C@H]3C2=O)cc1F. The summed E-state index contributed by atoms with van der Waals surface area (Å²) in [6.45, 7) is 0.522. The van der Waals surface area contributed by atoms with Gasteiger partial charge in [0.1, 0.15) is 12.4 Å². The van der Waals surface area contributed by atoms with Crippen LogP contribution in [0.1, 0.15) is 31.2 Å². The highest BCUT2D eigenvalue weighted by Gasteiger charge is 2.48. The van der Waals surface area contributed by atoms with E-state index in [-0.39, 0.29) is 29.3 Å². The number of amides is 3. The maximum Gasteiger partial charge on any atom is 0.326 e. The van der Waals surface area contributed by atoms with Gasteiger partial charge in [-0.25, -0.2) is 4.39 Å². The number of hydrogen-bond donors (Lipinski definition) is 1. The van der Waals surface area contributed by atoms with E-state index in [1.54, 1.807) is 6.92 Å². The number of carbonyl (C=O) groups is 4. The molecule has 1 aliphatic carbocycles. The smallest absolute Gasteiger partial charge is 0.326 e. The summed E-state index contributed by atoms with van der Waals surface area (Å²) in [6, 6.07) is 4.21. The number of nitrogens with one attached hydrogen (secondary N) is 1. The summed E-state index contributed by atoms with van der Waals surface area (Å²) < 4.78 is 18.3. The zero-order valence-electron chi connectivity index (χ0n) is 15.0. The van der Waals surface area contributed by atoms with Gasteiger partial charge in [0.25, 0.3) is 5.91 Å². The maximum absolute atomic E-state index is 13.5. The van der Waals surface area contributed by atoms with E-state index in [9.17, 15) is 23.6 Å². The summed E-state index contributed by atoms with van der Waals surface area (Å²) in [7, 11) is 0. The second kappa shape index (κ2) is 7.85. The monoisotopic (exact) mass is 376 g/mol. The molecule has 0 bridgehead atoms. The fraction of sp³-hybridized carbons (Fsp3) is 0.474. The molecule has 0 aromatic heterocycles. The number of rotatable bonds is 5. The van der Waals surface area contributed by atoms with Crippen molar-refractivity contribution >= 4 is 29.4 Å². The Morgan fingerprint density at radius 3 is 2.41 bits per heavy atom. The molecule has 0 spiro atoms. The maximum atomic E-state index is 13.5. The molecule has 0 unspecified atom stereocenters. The number of halogens is 1. The number of hydrogen-bond acceptors (Lipinski definition) is 5. The highest BCUT2D eigenvalue weighted by atomic mass is 19.1. The highest BCUT2D eigenvalue weighted by molar-refractivity contribution is 6.07. The van der Waals surface area contributed by atoms with Crippen molar-refractivity contribution in [2.45, 2.75) is 32.6 Å². The third-order valence-electron chi connectivity index (χ3n) is 5.04. The highest BCUT2D eigenvalue weighted by Crippen LogP contribution is 2.37. The van der Waals surface area contributed by atoms with E-state index in [0.717, 1.165) is 17.7 Å². The van der Waals surface area contributed by atoms with Crippen LogP contribution in [0.2, 0.25) is 0 Å². The summed E-state index contributed by atoms with van der Waals surface area (Å²) in [5.74, 6) is -3.27. The Morgan fingerprint density at radius 1 is 1.19 bits per heavy atom. The van der Waals surface area contributed by atoms with Crippen LogP contribution < -0.4 is 5.32 Å². The molecule has 3 rings (SSSR count). The van der Waals surface area contributed by atoms with Crippen LogP contribution in [0.25, 0.3) is 0 Å². The van der Waals surface area contributed by atoms with Crippen molar-refractivity contribution in [3.63, 3.8) is 0 Å². The van der Waals surface area contributed by atoms with E-state index in [0.29, 0.717) is 18.4 Å². The molecule has 2 atom stereocenters. The minimum Gasteiger partial charge on any atom is -0.454 e. The van der Waals surface area contributed by atoms with Crippen LogP contribution in [0.5, 0.6) is 0 Å². The number of ether oxygens (including phenoxy) is 1. The van der Waals surface area contributed by atoms with Gasteiger partial charge in [-0.15, -0.1) is 0 Å². The molecule has 1 N–H and O–H groups in total. The minimum atomic E-state index is -0.833. The normalized spacial score (nSPS) is 21.8. The molecule has 27 heavy (non-hydrogen) atoms. The van der Waals surface area contributed by atoms with Gasteiger partial charge in [0.2, 0.25) is 11.8 Å². The third-order valence-corrected chi connectivity index (χ3v) is 5.04. The quantitative estimate of drug-likeness (QED) is 0.625. The van der Waals surface area contributed by atoms with Gasteiger partial charge in [-0.3, -0.25) is 24.1 Å². The lowest BCUT2D eigenvalue weighted by atomic mass is 9.81. The summed E-state index contributed by atoms with van der Waals surface area (Å²) in [5, 5.41) is 2.41. The number of fused-ring (bicyclic) bond motifs is 1. The fourth-order valence-electron chi connectivity index (χ4n) is 3.58. The molecule has 8 heteroatoms. The van der Waals surface area contributed by atoms with Crippen molar-refractivity contribution in [3.8, 4) is 0 Å². The number of likely N-dealkylation sites (tertiary alicyclic amines) is 1. The third kappa shape index (κ3) is 4.15. The molecular weight excluding hydrogens is 355 g/mol. The van der Waals surface area contributed by atoms with Crippen LogP contribution in [-0.4, -0.2) is 41.7 Å². The fourth-order valence-corrected chi connectivity index (χ4v) is 3.58. The first-order chi connectivity index (χ1) is 12.9. The Labute approximate surface area is 155 Å². The number of esters is 1. The summed E-state index contributed by atoms with van der Waals surface area (Å²) in [4.78, 5) is 49.3. The number of benzene rings is 1. The van der Waals surface area contributed by atoms with Crippen molar-refractivity contribution in [1.82, 2.24) is 4.90 Å². The predicted octanol–water partition coefficient (Wildman–Crippen LogP) is 1.79. The van der Waals surface area contributed by atoms with Crippen LogP contribution in [0, 0.1) is 24.6 Å². The molecule has 3 amide bonds. The van der Waals surface area contributed by atoms with Crippen molar-refractivity contribution in [1.29, 1.82) is 0 Å². The van der Waals surface area contributed by atoms with Gasteiger partial charge in [0.05, 0.1) is 11.8 Å². The second-order valence-electron chi connectivity index (χ2n) is 6.93. The molecule has 144 valence electrons. The predicted molar refractivity (Wildman–Crippen MR) is 92.9 cm³/mol. The topological polar surface area (TPSA) is 92.8 Å². The Morgan fingerprint density at radius 2 is 1.81 bits per heavy atom. The van der Waals surface area contributed by atoms with Crippen LogP contribution in [0.3, 0.4) is 0 Å². The van der Waals surface area contributed by atoms with E-state index >= 15 is 0 Å². The summed E-state index contributed by atoms with van der Waals surface area (Å²) in [5.41, 5.74) is 0.688.